The van der Waals surface area contributed by atoms with Crippen molar-refractivity contribution in [1.29, 1.82) is 0 Å². The fraction of sp³-hybridized carbons (Fsp3) is 0.143. The fourth-order valence-electron chi connectivity index (χ4n) is 1.97. The quantitative estimate of drug-likeness (QED) is 0.686. The Balaban J connectivity index is 1.66. The van der Waals surface area contributed by atoms with Crippen molar-refractivity contribution in [2.75, 3.05) is 12.4 Å². The third kappa shape index (κ3) is 3.72. The van der Waals surface area contributed by atoms with Crippen LogP contribution in [0.4, 0.5) is 5.13 Å². The average molecular weight is 365 g/mol. The first kappa shape index (κ1) is 16.4. The third-order valence-corrected chi connectivity index (χ3v) is 5.53. The van der Waals surface area contributed by atoms with Crippen molar-refractivity contribution in [3.8, 4) is 11.4 Å². The maximum absolute atomic E-state index is 11.2. The summed E-state index contributed by atoms with van der Waals surface area (Å²) >= 11 is 0.983. The summed E-state index contributed by atoms with van der Waals surface area (Å²) < 4.78 is 29.3. The number of nitrogens with two attached hydrogens (primary N) is 1. The molecule has 0 aliphatic carbocycles. The van der Waals surface area contributed by atoms with Crippen LogP contribution in [0.5, 0.6) is 5.75 Å². The van der Waals surface area contributed by atoms with Gasteiger partial charge in [-0.1, -0.05) is 11.3 Å². The van der Waals surface area contributed by atoms with Gasteiger partial charge in [-0.25, -0.2) is 23.2 Å². The van der Waals surface area contributed by atoms with Gasteiger partial charge in [-0.3, -0.25) is 0 Å². The van der Waals surface area contributed by atoms with E-state index in [1.165, 1.54) is 6.20 Å². The number of nitrogens with zero attached hydrogens (tertiary/aromatic N) is 3. The zero-order valence-corrected chi connectivity index (χ0v) is 14.3. The van der Waals surface area contributed by atoms with Crippen molar-refractivity contribution in [2.45, 2.75) is 10.8 Å². The Morgan fingerprint density at radius 2 is 2.04 bits per heavy atom. The van der Waals surface area contributed by atoms with Crippen LogP contribution < -0.4 is 15.2 Å². The predicted octanol–water partition coefficient (Wildman–Crippen LogP) is 1.60. The van der Waals surface area contributed by atoms with Crippen LogP contribution >= 0.6 is 11.3 Å². The zero-order chi connectivity index (χ0) is 17.2. The van der Waals surface area contributed by atoms with Crippen LogP contribution in [0.15, 0.2) is 46.9 Å². The summed E-state index contributed by atoms with van der Waals surface area (Å²) in [5.41, 5.74) is 1.70. The molecule has 0 spiro atoms. The Labute approximate surface area is 143 Å². The number of sulfonamides is 1. The smallest absolute Gasteiger partial charge is 0.249 e. The number of thiazole rings is 1. The van der Waals surface area contributed by atoms with E-state index >= 15 is 0 Å². The molecule has 2 aromatic heterocycles. The van der Waals surface area contributed by atoms with Gasteiger partial charge in [0.05, 0.1) is 31.2 Å². The van der Waals surface area contributed by atoms with E-state index in [4.69, 9.17) is 9.88 Å². The first-order chi connectivity index (χ1) is 11.5. The molecule has 8 nitrogen and oxygen atoms in total. The largest absolute Gasteiger partial charge is 0.497 e. The maximum atomic E-state index is 11.2. The van der Waals surface area contributed by atoms with E-state index in [9.17, 15) is 8.42 Å². The first-order valence-corrected chi connectivity index (χ1v) is 9.23. The molecule has 3 N–H and O–H groups in total. The van der Waals surface area contributed by atoms with Crippen LogP contribution in [0.3, 0.4) is 0 Å². The summed E-state index contributed by atoms with van der Waals surface area (Å²) in [6.45, 7) is 0.417. The molecular weight excluding hydrogens is 350 g/mol. The molecule has 0 aliphatic rings. The normalized spacial score (nSPS) is 11.4. The summed E-state index contributed by atoms with van der Waals surface area (Å²) in [6.07, 6.45) is 3.08. The summed E-state index contributed by atoms with van der Waals surface area (Å²) in [5, 5.41) is 13.0. The van der Waals surface area contributed by atoms with Crippen molar-refractivity contribution in [3.05, 3.63) is 48.4 Å². The summed E-state index contributed by atoms with van der Waals surface area (Å²) in [4.78, 5) is 3.98. The molecule has 10 heteroatoms. The Morgan fingerprint density at radius 1 is 1.29 bits per heavy atom. The predicted molar refractivity (Wildman–Crippen MR) is 90.9 cm³/mol. The standard InChI is InChI=1S/C14H15N5O3S2/c1-22-12-4-2-11(3-5-12)19-7-6-10(18-19)8-16-14-17-9-13(23-14)24(15,20)21/h2-7,9H,8H2,1H3,(H,16,17)(H2,15,20,21). The van der Waals surface area contributed by atoms with Crippen molar-refractivity contribution in [3.63, 3.8) is 0 Å². The number of hydrogen-bond acceptors (Lipinski definition) is 7. The molecule has 0 unspecified atom stereocenters. The number of anilines is 1. The van der Waals surface area contributed by atoms with E-state index in [-0.39, 0.29) is 4.21 Å². The Bertz CT molecular complexity index is 931. The second-order valence-electron chi connectivity index (χ2n) is 4.83. The van der Waals surface area contributed by atoms with Crippen molar-refractivity contribution in [1.82, 2.24) is 14.8 Å². The van der Waals surface area contributed by atoms with Crippen LogP contribution in [0, 0.1) is 0 Å². The Kier molecular flexibility index (Phi) is 4.51. The number of ether oxygens (including phenoxy) is 1. The highest BCUT2D eigenvalue weighted by Crippen LogP contribution is 2.22. The molecule has 126 valence electrons. The lowest BCUT2D eigenvalue weighted by Crippen LogP contribution is -2.09. The van der Waals surface area contributed by atoms with Gasteiger partial charge in [0.2, 0.25) is 10.0 Å². The molecule has 0 bridgehead atoms. The number of methoxy groups -OCH3 is 1. The van der Waals surface area contributed by atoms with Gasteiger partial charge < -0.3 is 10.1 Å². The lowest BCUT2D eigenvalue weighted by atomic mass is 10.3. The summed E-state index contributed by atoms with van der Waals surface area (Å²) in [7, 11) is -2.10. The number of nitrogens with one attached hydrogen (secondary N) is 1. The van der Waals surface area contributed by atoms with E-state index in [0.717, 1.165) is 28.5 Å². The summed E-state index contributed by atoms with van der Waals surface area (Å²) in [5.74, 6) is 0.780. The summed E-state index contributed by atoms with van der Waals surface area (Å²) in [6, 6.07) is 9.40. The number of benzene rings is 1. The highest BCUT2D eigenvalue weighted by Gasteiger charge is 2.12. The molecule has 0 saturated carbocycles. The first-order valence-electron chi connectivity index (χ1n) is 6.87. The molecule has 0 aliphatic heterocycles. The van der Waals surface area contributed by atoms with E-state index in [0.29, 0.717) is 11.7 Å². The van der Waals surface area contributed by atoms with E-state index < -0.39 is 10.0 Å². The second-order valence-corrected chi connectivity index (χ2v) is 7.65. The third-order valence-electron chi connectivity index (χ3n) is 3.17. The van der Waals surface area contributed by atoms with Gasteiger partial charge in [0.25, 0.3) is 0 Å². The number of primary sulfonamides is 1. The van der Waals surface area contributed by atoms with Gasteiger partial charge in [0, 0.05) is 6.20 Å². The van der Waals surface area contributed by atoms with Crippen LogP contribution in [0.2, 0.25) is 0 Å². The molecule has 0 saturated heterocycles. The monoisotopic (exact) mass is 365 g/mol. The number of rotatable bonds is 6. The molecule has 0 fully saturated rings. The number of hydrogen-bond donors (Lipinski definition) is 2. The van der Waals surface area contributed by atoms with Gasteiger partial charge in [-0.15, -0.1) is 0 Å². The van der Waals surface area contributed by atoms with Gasteiger partial charge >= 0.3 is 0 Å². The number of aromatic nitrogens is 3. The molecule has 0 amide bonds. The molecule has 0 radical (unpaired) electrons. The molecule has 2 heterocycles. The lowest BCUT2D eigenvalue weighted by molar-refractivity contribution is 0.414. The Morgan fingerprint density at radius 3 is 2.67 bits per heavy atom. The van der Waals surface area contributed by atoms with Crippen molar-refractivity contribution < 1.29 is 13.2 Å². The zero-order valence-electron chi connectivity index (χ0n) is 12.7. The lowest BCUT2D eigenvalue weighted by Gasteiger charge is -2.03. The van der Waals surface area contributed by atoms with E-state index in [1.807, 2.05) is 36.5 Å². The molecular formula is C14H15N5O3S2. The molecule has 24 heavy (non-hydrogen) atoms. The topological polar surface area (TPSA) is 112 Å². The maximum Gasteiger partial charge on any atom is 0.249 e. The van der Waals surface area contributed by atoms with Crippen LogP contribution in [-0.2, 0) is 16.6 Å². The van der Waals surface area contributed by atoms with Gasteiger partial charge in [0.1, 0.15) is 5.75 Å². The van der Waals surface area contributed by atoms with E-state index in [1.54, 1.807) is 11.8 Å². The minimum atomic E-state index is -3.72. The van der Waals surface area contributed by atoms with Crippen molar-refractivity contribution >= 4 is 26.5 Å². The van der Waals surface area contributed by atoms with Gasteiger partial charge in [0.15, 0.2) is 9.34 Å². The molecule has 3 rings (SSSR count). The SMILES string of the molecule is COc1ccc(-n2ccc(CNc3ncc(S(N)(=O)=O)s3)n2)cc1. The fourth-order valence-corrected chi connectivity index (χ4v) is 3.42. The van der Waals surface area contributed by atoms with Gasteiger partial charge in [-0.05, 0) is 30.3 Å². The highest BCUT2D eigenvalue weighted by atomic mass is 32.2. The minimum absolute atomic E-state index is 0.0220. The molecule has 1 aromatic carbocycles. The molecule has 3 aromatic rings. The van der Waals surface area contributed by atoms with Crippen LogP contribution in [0.25, 0.3) is 5.69 Å². The Hall–Kier alpha value is -2.43. The average Bonchev–Trinajstić information content (AvgIpc) is 3.22. The van der Waals surface area contributed by atoms with E-state index in [2.05, 4.69) is 15.4 Å². The van der Waals surface area contributed by atoms with Crippen molar-refractivity contribution in [2.24, 2.45) is 5.14 Å². The molecule has 0 atom stereocenters. The van der Waals surface area contributed by atoms with Crippen LogP contribution in [0.1, 0.15) is 5.69 Å². The highest BCUT2D eigenvalue weighted by molar-refractivity contribution is 7.91. The van der Waals surface area contributed by atoms with Gasteiger partial charge in [-0.2, -0.15) is 5.10 Å². The van der Waals surface area contributed by atoms with Crippen LogP contribution in [-0.4, -0.2) is 30.3 Å². The minimum Gasteiger partial charge on any atom is -0.497 e. The second kappa shape index (κ2) is 6.59.